The van der Waals surface area contributed by atoms with Gasteiger partial charge in [0.05, 0.1) is 28.9 Å². The summed E-state index contributed by atoms with van der Waals surface area (Å²) < 4.78 is 1.91. The van der Waals surface area contributed by atoms with Crippen LogP contribution in [0.1, 0.15) is 16.8 Å². The molecule has 4 nitrogen and oxygen atoms in total. The zero-order valence-electron chi connectivity index (χ0n) is 11.9. The maximum atomic E-state index is 4.84. The summed E-state index contributed by atoms with van der Waals surface area (Å²) in [4.78, 5) is 4.84. The van der Waals surface area contributed by atoms with Gasteiger partial charge in [-0.05, 0) is 13.2 Å². The molecule has 1 aromatic carbocycles. The minimum absolute atomic E-state index is 0.282. The standard InChI is InChI=1S/C15H18N4S/c1-10-13-14(11-7-5-4-6-8-11)16-9-12(20-3)17-15(13)19(2)18-10/h4-8,12,17H,9H2,1-3H3. The van der Waals surface area contributed by atoms with E-state index in [2.05, 4.69) is 28.8 Å². The van der Waals surface area contributed by atoms with Crippen LogP contribution in [0.25, 0.3) is 0 Å². The summed E-state index contributed by atoms with van der Waals surface area (Å²) in [6, 6.07) is 10.3. The van der Waals surface area contributed by atoms with Gasteiger partial charge in [-0.3, -0.25) is 9.67 Å². The van der Waals surface area contributed by atoms with Crippen molar-refractivity contribution < 1.29 is 0 Å². The SMILES string of the molecule is CSC1CN=C(c2ccccc2)c2c(C)nn(C)c2N1. The lowest BCUT2D eigenvalue weighted by atomic mass is 10.0. The fourth-order valence-electron chi connectivity index (χ4n) is 2.52. The summed E-state index contributed by atoms with van der Waals surface area (Å²) in [6.07, 6.45) is 2.10. The van der Waals surface area contributed by atoms with Gasteiger partial charge in [0.15, 0.2) is 0 Å². The second-order valence-corrected chi connectivity index (χ2v) is 5.90. The molecule has 1 unspecified atom stereocenters. The molecule has 1 aliphatic heterocycles. The molecule has 104 valence electrons. The van der Waals surface area contributed by atoms with Gasteiger partial charge in [-0.1, -0.05) is 30.3 Å². The van der Waals surface area contributed by atoms with Crippen LogP contribution in [0.2, 0.25) is 0 Å². The maximum absolute atomic E-state index is 4.84. The summed E-state index contributed by atoms with van der Waals surface area (Å²) in [5.74, 6) is 1.06. The average Bonchev–Trinajstić information content (AvgIpc) is 2.66. The molecule has 0 bridgehead atoms. The van der Waals surface area contributed by atoms with Gasteiger partial charge in [-0.15, -0.1) is 11.8 Å². The molecule has 0 spiro atoms. The van der Waals surface area contributed by atoms with Crippen molar-refractivity contribution in [1.29, 1.82) is 0 Å². The van der Waals surface area contributed by atoms with Gasteiger partial charge in [-0.2, -0.15) is 5.10 Å². The molecular weight excluding hydrogens is 268 g/mol. The van der Waals surface area contributed by atoms with E-state index in [1.165, 1.54) is 0 Å². The van der Waals surface area contributed by atoms with Crippen LogP contribution in [0.15, 0.2) is 35.3 Å². The minimum atomic E-state index is 0.282. The Morgan fingerprint density at radius 1 is 1.30 bits per heavy atom. The topological polar surface area (TPSA) is 42.2 Å². The van der Waals surface area contributed by atoms with Crippen LogP contribution in [0.3, 0.4) is 0 Å². The lowest BCUT2D eigenvalue weighted by molar-refractivity contribution is 0.755. The third kappa shape index (κ3) is 2.22. The van der Waals surface area contributed by atoms with Gasteiger partial charge in [0, 0.05) is 12.6 Å². The smallest absolute Gasteiger partial charge is 0.134 e. The quantitative estimate of drug-likeness (QED) is 0.923. The highest BCUT2D eigenvalue weighted by atomic mass is 32.2. The minimum Gasteiger partial charge on any atom is -0.356 e. The molecule has 0 amide bonds. The molecule has 3 rings (SSSR count). The highest BCUT2D eigenvalue weighted by Gasteiger charge is 2.24. The molecule has 0 radical (unpaired) electrons. The van der Waals surface area contributed by atoms with Gasteiger partial charge in [0.25, 0.3) is 0 Å². The number of aromatic nitrogens is 2. The number of nitrogens with one attached hydrogen (secondary N) is 1. The molecule has 0 saturated heterocycles. The van der Waals surface area contributed by atoms with Crippen molar-refractivity contribution in [2.45, 2.75) is 12.3 Å². The van der Waals surface area contributed by atoms with E-state index in [4.69, 9.17) is 4.99 Å². The number of fused-ring (bicyclic) bond motifs is 1. The zero-order valence-corrected chi connectivity index (χ0v) is 12.7. The van der Waals surface area contributed by atoms with Gasteiger partial charge >= 0.3 is 0 Å². The van der Waals surface area contributed by atoms with E-state index in [0.717, 1.165) is 34.9 Å². The number of aryl methyl sites for hydroxylation is 2. The Kier molecular flexibility index (Phi) is 3.53. The summed E-state index contributed by atoms with van der Waals surface area (Å²) in [6.45, 7) is 2.80. The Labute approximate surface area is 123 Å². The largest absolute Gasteiger partial charge is 0.356 e. The first-order chi connectivity index (χ1) is 9.70. The highest BCUT2D eigenvalue weighted by molar-refractivity contribution is 7.99. The number of thioether (sulfide) groups is 1. The van der Waals surface area contributed by atoms with Crippen LogP contribution in [0, 0.1) is 6.92 Å². The van der Waals surface area contributed by atoms with Crippen LogP contribution in [-0.2, 0) is 7.05 Å². The molecule has 2 heterocycles. The predicted octanol–water partition coefficient (Wildman–Crippen LogP) is 2.68. The van der Waals surface area contributed by atoms with Crippen LogP contribution in [0.4, 0.5) is 5.82 Å². The Morgan fingerprint density at radius 3 is 2.75 bits per heavy atom. The summed E-state index contributed by atoms with van der Waals surface area (Å²) in [5.41, 5.74) is 4.32. The molecule has 0 fully saturated rings. The van der Waals surface area contributed by atoms with Crippen molar-refractivity contribution in [3.63, 3.8) is 0 Å². The monoisotopic (exact) mass is 286 g/mol. The van der Waals surface area contributed by atoms with E-state index in [1.807, 2.05) is 36.9 Å². The van der Waals surface area contributed by atoms with Gasteiger partial charge in [-0.25, -0.2) is 0 Å². The Hall–Kier alpha value is -1.75. The molecular formula is C15H18N4S. The molecule has 1 aliphatic rings. The fourth-order valence-corrected chi connectivity index (χ4v) is 2.98. The van der Waals surface area contributed by atoms with Crippen molar-refractivity contribution in [2.75, 3.05) is 18.1 Å². The first-order valence-electron chi connectivity index (χ1n) is 6.64. The van der Waals surface area contributed by atoms with Crippen molar-refractivity contribution >= 4 is 23.3 Å². The fraction of sp³-hybridized carbons (Fsp3) is 0.333. The normalized spacial score (nSPS) is 17.9. The molecule has 2 aromatic rings. The Morgan fingerprint density at radius 2 is 2.05 bits per heavy atom. The van der Waals surface area contributed by atoms with E-state index in [-0.39, 0.29) is 5.37 Å². The molecule has 20 heavy (non-hydrogen) atoms. The average molecular weight is 286 g/mol. The molecule has 0 saturated carbocycles. The van der Waals surface area contributed by atoms with E-state index in [9.17, 15) is 0 Å². The maximum Gasteiger partial charge on any atom is 0.134 e. The number of hydrogen-bond donors (Lipinski definition) is 1. The number of rotatable bonds is 2. The molecule has 1 atom stereocenters. The molecule has 1 aromatic heterocycles. The van der Waals surface area contributed by atoms with Gasteiger partial charge < -0.3 is 5.32 Å². The van der Waals surface area contributed by atoms with Crippen molar-refractivity contribution in [2.24, 2.45) is 12.0 Å². The van der Waals surface area contributed by atoms with Crippen LogP contribution < -0.4 is 5.32 Å². The first-order valence-corrected chi connectivity index (χ1v) is 7.92. The number of benzene rings is 1. The van der Waals surface area contributed by atoms with Crippen LogP contribution in [0.5, 0.6) is 0 Å². The number of aliphatic imine (C=N–C) groups is 1. The van der Waals surface area contributed by atoms with Crippen molar-refractivity contribution in [3.8, 4) is 0 Å². The van der Waals surface area contributed by atoms with E-state index < -0.39 is 0 Å². The predicted molar refractivity (Wildman–Crippen MR) is 85.8 cm³/mol. The number of nitrogens with zero attached hydrogens (tertiary/aromatic N) is 3. The van der Waals surface area contributed by atoms with Crippen molar-refractivity contribution in [3.05, 3.63) is 47.2 Å². The Balaban J connectivity index is 2.17. The summed E-state index contributed by atoms with van der Waals surface area (Å²) >= 11 is 1.78. The molecule has 0 aliphatic carbocycles. The summed E-state index contributed by atoms with van der Waals surface area (Å²) in [5, 5.41) is 8.37. The van der Waals surface area contributed by atoms with E-state index in [1.54, 1.807) is 11.8 Å². The molecule has 1 N–H and O–H groups in total. The lowest BCUT2D eigenvalue weighted by Gasteiger charge is -2.13. The second-order valence-electron chi connectivity index (χ2n) is 4.86. The van der Waals surface area contributed by atoms with E-state index >= 15 is 0 Å². The number of hydrogen-bond acceptors (Lipinski definition) is 4. The van der Waals surface area contributed by atoms with Crippen LogP contribution >= 0.6 is 11.8 Å². The summed E-state index contributed by atoms with van der Waals surface area (Å²) in [7, 11) is 1.98. The first kappa shape index (κ1) is 13.2. The highest BCUT2D eigenvalue weighted by Crippen LogP contribution is 2.28. The van der Waals surface area contributed by atoms with Crippen molar-refractivity contribution in [1.82, 2.24) is 9.78 Å². The lowest BCUT2D eigenvalue weighted by Crippen LogP contribution is -2.19. The van der Waals surface area contributed by atoms with E-state index in [0.29, 0.717) is 0 Å². The third-order valence-corrected chi connectivity index (χ3v) is 4.34. The van der Waals surface area contributed by atoms with Crippen LogP contribution in [-0.4, -0.2) is 33.7 Å². The molecule has 5 heteroatoms. The second kappa shape index (κ2) is 5.32. The third-order valence-electron chi connectivity index (χ3n) is 3.50. The van der Waals surface area contributed by atoms with Gasteiger partial charge in [0.1, 0.15) is 5.82 Å². The van der Waals surface area contributed by atoms with Gasteiger partial charge in [0.2, 0.25) is 0 Å². The zero-order chi connectivity index (χ0) is 14.1. The Bertz CT molecular complexity index is 645. The number of anilines is 1.